The largest absolute Gasteiger partial charge is 0.449 e. The molecule has 0 bridgehead atoms. The van der Waals surface area contributed by atoms with Crippen LogP contribution in [0.25, 0.3) is 11.3 Å². The molecule has 5 rings (SSSR count). The number of benzene rings is 2. The van der Waals surface area contributed by atoms with Crippen LogP contribution in [0.4, 0.5) is 10.5 Å². The Morgan fingerprint density at radius 1 is 1.08 bits per heavy atom. The summed E-state index contributed by atoms with van der Waals surface area (Å²) in [5.41, 5.74) is 6.39. The number of rotatable bonds is 6. The van der Waals surface area contributed by atoms with E-state index in [0.717, 1.165) is 61.7 Å². The van der Waals surface area contributed by atoms with Crippen molar-refractivity contribution in [1.82, 2.24) is 14.5 Å². The van der Waals surface area contributed by atoms with Gasteiger partial charge in [-0.05, 0) is 62.4 Å². The smallest absolute Gasteiger partial charge is 0.411 e. The highest BCUT2D eigenvalue weighted by Crippen LogP contribution is 2.37. The number of anilines is 1. The van der Waals surface area contributed by atoms with Crippen LogP contribution in [0.3, 0.4) is 0 Å². The Morgan fingerprint density at radius 3 is 2.54 bits per heavy atom. The molecule has 2 aliphatic heterocycles. The molecule has 2 aromatic carbocycles. The lowest BCUT2D eigenvalue weighted by Crippen LogP contribution is -2.35. The van der Waals surface area contributed by atoms with Gasteiger partial charge in [0.05, 0.1) is 18.4 Å². The summed E-state index contributed by atoms with van der Waals surface area (Å²) in [6, 6.07) is 16.5. The van der Waals surface area contributed by atoms with Gasteiger partial charge in [-0.25, -0.2) is 9.78 Å². The highest BCUT2D eigenvalue weighted by molar-refractivity contribution is 5.85. The highest BCUT2D eigenvalue weighted by atomic mass is 16.5. The third-order valence-electron chi connectivity index (χ3n) is 7.37. The second-order valence-corrected chi connectivity index (χ2v) is 10.7. The molecule has 0 aliphatic carbocycles. The minimum atomic E-state index is -0.432. The second-order valence-electron chi connectivity index (χ2n) is 10.7. The quantitative estimate of drug-likeness (QED) is 0.460. The first kappa shape index (κ1) is 25.5. The number of hydrogen-bond donors (Lipinski definition) is 1. The predicted molar refractivity (Wildman–Crippen MR) is 146 cm³/mol. The number of imidazole rings is 1. The van der Waals surface area contributed by atoms with Crippen molar-refractivity contribution in [2.75, 3.05) is 32.1 Å². The summed E-state index contributed by atoms with van der Waals surface area (Å²) in [7, 11) is 2.18. The average molecular weight is 503 g/mol. The molecule has 0 spiro atoms. The number of amides is 1. The molecule has 7 nitrogen and oxygen atoms in total. The number of nitrogens with one attached hydrogen (secondary N) is 1. The number of carbonyl (C=O) groups excluding carboxylic acids is 1. The minimum Gasteiger partial charge on any atom is -0.449 e. The predicted octanol–water partition coefficient (Wildman–Crippen LogP) is 5.82. The Balaban J connectivity index is 1.41. The van der Waals surface area contributed by atoms with E-state index in [4.69, 9.17) is 14.5 Å². The van der Waals surface area contributed by atoms with Gasteiger partial charge in [0.1, 0.15) is 11.9 Å². The van der Waals surface area contributed by atoms with E-state index < -0.39 is 6.09 Å². The molecule has 1 amide bonds. The van der Waals surface area contributed by atoms with Crippen LogP contribution in [-0.4, -0.2) is 53.4 Å². The maximum atomic E-state index is 12.0. The van der Waals surface area contributed by atoms with Gasteiger partial charge in [-0.2, -0.15) is 0 Å². The van der Waals surface area contributed by atoms with Gasteiger partial charge in [-0.15, -0.1) is 0 Å². The van der Waals surface area contributed by atoms with E-state index in [0.29, 0.717) is 18.2 Å². The number of piperidine rings is 1. The third kappa shape index (κ3) is 5.73. The summed E-state index contributed by atoms with van der Waals surface area (Å²) in [6.07, 6.45) is 2.64. The number of nitrogens with zero attached hydrogens (tertiary/aromatic N) is 3. The molecule has 1 fully saturated rings. The van der Waals surface area contributed by atoms with Crippen molar-refractivity contribution in [2.45, 2.75) is 58.8 Å². The van der Waals surface area contributed by atoms with Crippen molar-refractivity contribution in [3.63, 3.8) is 0 Å². The SMILES string of the molecule is Cc1c(-c2ccc(NC(=O)OCC(C)C)cc2)nc2n1CCc1ccccc1C2OC1CCN(C)CC1. The van der Waals surface area contributed by atoms with Gasteiger partial charge < -0.3 is 18.9 Å². The van der Waals surface area contributed by atoms with Gasteiger partial charge in [0, 0.05) is 36.6 Å². The van der Waals surface area contributed by atoms with Crippen molar-refractivity contribution >= 4 is 11.8 Å². The molecule has 1 aromatic heterocycles. The second kappa shape index (κ2) is 11.1. The average Bonchev–Trinajstić information content (AvgIpc) is 3.13. The van der Waals surface area contributed by atoms with Crippen LogP contribution in [0.5, 0.6) is 0 Å². The number of ether oxygens (including phenoxy) is 2. The van der Waals surface area contributed by atoms with Crippen LogP contribution in [0.1, 0.15) is 55.4 Å². The minimum absolute atomic E-state index is 0.184. The maximum Gasteiger partial charge on any atom is 0.411 e. The standard InChI is InChI=1S/C30H38N4O3/c1-20(2)19-36-30(35)31-24-11-9-23(10-12-24)27-21(3)34-18-13-22-7-5-6-8-26(22)28(29(34)32-27)37-25-14-16-33(4)17-15-25/h5-12,20,25,28H,13-19H2,1-4H3,(H,31,35). The van der Waals surface area contributed by atoms with E-state index in [-0.39, 0.29) is 12.2 Å². The Hall–Kier alpha value is -3.16. The lowest BCUT2D eigenvalue weighted by Gasteiger charge is -2.32. The normalized spacial score (nSPS) is 18.2. The van der Waals surface area contributed by atoms with Crippen molar-refractivity contribution in [2.24, 2.45) is 5.92 Å². The number of aromatic nitrogens is 2. The zero-order chi connectivity index (χ0) is 25.9. The molecular weight excluding hydrogens is 464 g/mol. The Morgan fingerprint density at radius 2 is 1.81 bits per heavy atom. The first-order chi connectivity index (χ1) is 17.9. The number of aryl methyl sites for hydroxylation is 1. The molecule has 0 saturated carbocycles. The highest BCUT2D eigenvalue weighted by Gasteiger charge is 2.32. The molecule has 37 heavy (non-hydrogen) atoms. The van der Waals surface area contributed by atoms with E-state index in [1.165, 1.54) is 11.1 Å². The van der Waals surface area contributed by atoms with Crippen LogP contribution in [0.2, 0.25) is 0 Å². The number of carbonyl (C=O) groups is 1. The zero-order valence-electron chi connectivity index (χ0n) is 22.4. The van der Waals surface area contributed by atoms with Gasteiger partial charge >= 0.3 is 6.09 Å². The van der Waals surface area contributed by atoms with E-state index >= 15 is 0 Å². The third-order valence-corrected chi connectivity index (χ3v) is 7.37. The Kier molecular flexibility index (Phi) is 7.63. The van der Waals surface area contributed by atoms with Crippen molar-refractivity contribution in [1.29, 1.82) is 0 Å². The summed E-state index contributed by atoms with van der Waals surface area (Å²) < 4.78 is 14.4. The fraction of sp³-hybridized carbons (Fsp3) is 0.467. The van der Waals surface area contributed by atoms with Crippen LogP contribution < -0.4 is 5.32 Å². The number of likely N-dealkylation sites (tertiary alicyclic amines) is 1. The summed E-state index contributed by atoms with van der Waals surface area (Å²) in [5.74, 6) is 1.28. The fourth-order valence-electron chi connectivity index (χ4n) is 5.26. The van der Waals surface area contributed by atoms with Gasteiger partial charge in [0.15, 0.2) is 0 Å². The van der Waals surface area contributed by atoms with Gasteiger partial charge in [-0.3, -0.25) is 5.32 Å². The lowest BCUT2D eigenvalue weighted by molar-refractivity contribution is -0.0276. The molecule has 3 heterocycles. The molecule has 1 N–H and O–H groups in total. The first-order valence-corrected chi connectivity index (χ1v) is 13.4. The van der Waals surface area contributed by atoms with Gasteiger partial charge in [0.25, 0.3) is 0 Å². The molecule has 2 aliphatic rings. The molecule has 1 saturated heterocycles. The Labute approximate surface area is 219 Å². The summed E-state index contributed by atoms with van der Waals surface area (Å²) in [6.45, 7) is 9.56. The molecule has 3 aromatic rings. The first-order valence-electron chi connectivity index (χ1n) is 13.4. The summed E-state index contributed by atoms with van der Waals surface area (Å²) in [4.78, 5) is 19.6. The van der Waals surface area contributed by atoms with Gasteiger partial charge in [-0.1, -0.05) is 50.2 Å². The van der Waals surface area contributed by atoms with Crippen molar-refractivity contribution in [3.05, 3.63) is 71.2 Å². The molecule has 196 valence electrons. The van der Waals surface area contributed by atoms with Gasteiger partial charge in [0.2, 0.25) is 0 Å². The zero-order valence-corrected chi connectivity index (χ0v) is 22.4. The van der Waals surface area contributed by atoms with Crippen LogP contribution >= 0.6 is 0 Å². The number of hydrogen-bond acceptors (Lipinski definition) is 5. The fourth-order valence-corrected chi connectivity index (χ4v) is 5.26. The topological polar surface area (TPSA) is 68.6 Å². The molecule has 0 radical (unpaired) electrons. The molecular formula is C30H38N4O3. The summed E-state index contributed by atoms with van der Waals surface area (Å²) >= 11 is 0. The van der Waals surface area contributed by atoms with Crippen LogP contribution in [0, 0.1) is 12.8 Å². The maximum absolute atomic E-state index is 12.0. The van der Waals surface area contributed by atoms with Crippen molar-refractivity contribution < 1.29 is 14.3 Å². The van der Waals surface area contributed by atoms with Crippen molar-refractivity contribution in [3.8, 4) is 11.3 Å². The molecule has 1 unspecified atom stereocenters. The van der Waals surface area contributed by atoms with E-state index in [2.05, 4.69) is 53.0 Å². The summed E-state index contributed by atoms with van der Waals surface area (Å²) in [5, 5.41) is 2.80. The Bertz CT molecular complexity index is 1230. The van der Waals surface area contributed by atoms with E-state index in [9.17, 15) is 4.79 Å². The monoisotopic (exact) mass is 502 g/mol. The van der Waals surface area contributed by atoms with E-state index in [1.54, 1.807) is 0 Å². The molecule has 7 heteroatoms. The van der Waals surface area contributed by atoms with E-state index in [1.807, 2.05) is 38.1 Å². The van der Waals surface area contributed by atoms with Crippen LogP contribution in [-0.2, 0) is 22.4 Å². The van der Waals surface area contributed by atoms with Crippen LogP contribution in [0.15, 0.2) is 48.5 Å². The molecule has 1 atom stereocenters. The number of fused-ring (bicyclic) bond motifs is 2. The lowest BCUT2D eigenvalue weighted by atomic mass is 10.00.